The fourth-order valence-electron chi connectivity index (χ4n) is 3.14. The molecule has 0 saturated carbocycles. The molecule has 26 heavy (non-hydrogen) atoms. The lowest BCUT2D eigenvalue weighted by atomic mass is 10.2. The van der Waals surface area contributed by atoms with Gasteiger partial charge in [-0.05, 0) is 36.8 Å². The van der Waals surface area contributed by atoms with Crippen LogP contribution in [-0.2, 0) is 16.0 Å². The standard InChI is InChI=1S/C19H19N5O2/c25-17(9-8-16-22-15-6-2-10-20-19(15)23-16)21-13-4-1-5-14(12-13)24-11-3-7-18(24)26/h1-2,4-6,10,12H,3,7-9,11H2,(H,21,25)(H,20,22,23). The molecule has 2 amide bonds. The van der Waals surface area contributed by atoms with E-state index in [4.69, 9.17) is 0 Å². The summed E-state index contributed by atoms with van der Waals surface area (Å²) in [6.45, 7) is 0.732. The lowest BCUT2D eigenvalue weighted by Crippen LogP contribution is -2.23. The fourth-order valence-corrected chi connectivity index (χ4v) is 3.14. The van der Waals surface area contributed by atoms with Gasteiger partial charge in [-0.3, -0.25) is 9.59 Å². The van der Waals surface area contributed by atoms with Crippen LogP contribution in [0.4, 0.5) is 11.4 Å². The maximum absolute atomic E-state index is 12.2. The first-order chi connectivity index (χ1) is 12.7. The first-order valence-corrected chi connectivity index (χ1v) is 8.69. The second kappa shape index (κ2) is 6.95. The molecule has 7 heteroatoms. The Kier molecular flexibility index (Phi) is 4.35. The predicted octanol–water partition coefficient (Wildman–Crippen LogP) is 2.66. The topological polar surface area (TPSA) is 91.0 Å². The minimum absolute atomic E-state index is 0.0942. The van der Waals surface area contributed by atoms with E-state index in [2.05, 4.69) is 20.3 Å². The molecule has 2 aromatic heterocycles. The van der Waals surface area contributed by atoms with Gasteiger partial charge in [0.2, 0.25) is 11.8 Å². The van der Waals surface area contributed by atoms with Gasteiger partial charge in [0, 0.05) is 43.4 Å². The third-order valence-electron chi connectivity index (χ3n) is 4.41. The Hall–Kier alpha value is -3.22. The number of fused-ring (bicyclic) bond motifs is 1. The number of carbonyl (C=O) groups excluding carboxylic acids is 2. The zero-order valence-electron chi connectivity index (χ0n) is 14.2. The number of H-pyrrole nitrogens is 1. The Morgan fingerprint density at radius 1 is 1.27 bits per heavy atom. The number of rotatable bonds is 5. The summed E-state index contributed by atoms with van der Waals surface area (Å²) in [5.74, 6) is 0.778. The van der Waals surface area contributed by atoms with Crippen LogP contribution >= 0.6 is 0 Å². The van der Waals surface area contributed by atoms with E-state index in [1.807, 2.05) is 36.4 Å². The van der Waals surface area contributed by atoms with Crippen LogP contribution < -0.4 is 10.2 Å². The van der Waals surface area contributed by atoms with E-state index < -0.39 is 0 Å². The number of nitrogens with zero attached hydrogens (tertiary/aromatic N) is 3. The highest BCUT2D eigenvalue weighted by Gasteiger charge is 2.21. The molecule has 1 aromatic carbocycles. The third kappa shape index (κ3) is 3.42. The van der Waals surface area contributed by atoms with Crippen molar-refractivity contribution in [1.82, 2.24) is 15.0 Å². The van der Waals surface area contributed by atoms with Gasteiger partial charge in [0.1, 0.15) is 5.82 Å². The number of pyridine rings is 1. The van der Waals surface area contributed by atoms with E-state index >= 15 is 0 Å². The molecule has 1 aliphatic heterocycles. The van der Waals surface area contributed by atoms with Crippen molar-refractivity contribution in [3.63, 3.8) is 0 Å². The van der Waals surface area contributed by atoms with Crippen LogP contribution in [0, 0.1) is 0 Å². The first-order valence-electron chi connectivity index (χ1n) is 8.69. The van der Waals surface area contributed by atoms with E-state index in [1.165, 1.54) is 0 Å². The van der Waals surface area contributed by atoms with Gasteiger partial charge in [-0.25, -0.2) is 9.97 Å². The molecular weight excluding hydrogens is 330 g/mol. The van der Waals surface area contributed by atoms with Crippen molar-refractivity contribution < 1.29 is 9.59 Å². The van der Waals surface area contributed by atoms with Gasteiger partial charge in [0.15, 0.2) is 5.65 Å². The van der Waals surface area contributed by atoms with Crippen LogP contribution in [-0.4, -0.2) is 33.3 Å². The molecule has 0 spiro atoms. The number of benzene rings is 1. The number of anilines is 2. The Balaban J connectivity index is 1.38. The summed E-state index contributed by atoms with van der Waals surface area (Å²) in [6, 6.07) is 11.2. The monoisotopic (exact) mass is 349 g/mol. The SMILES string of the molecule is O=C(CCc1nc2ncccc2[nH]1)Nc1cccc(N2CCCC2=O)c1. The van der Waals surface area contributed by atoms with Gasteiger partial charge >= 0.3 is 0 Å². The van der Waals surface area contributed by atoms with E-state index in [0.29, 0.717) is 30.6 Å². The zero-order valence-corrected chi connectivity index (χ0v) is 14.2. The molecule has 0 aliphatic carbocycles. The molecule has 0 unspecified atom stereocenters. The Morgan fingerprint density at radius 3 is 3.00 bits per heavy atom. The average Bonchev–Trinajstić information content (AvgIpc) is 3.25. The van der Waals surface area contributed by atoms with Gasteiger partial charge in [0.25, 0.3) is 0 Å². The van der Waals surface area contributed by atoms with Crippen LogP contribution in [0.15, 0.2) is 42.6 Å². The highest BCUT2D eigenvalue weighted by molar-refractivity contribution is 5.97. The summed E-state index contributed by atoms with van der Waals surface area (Å²) in [7, 11) is 0. The number of aryl methyl sites for hydroxylation is 1. The Morgan fingerprint density at radius 2 is 2.19 bits per heavy atom. The molecule has 1 fully saturated rings. The lowest BCUT2D eigenvalue weighted by Gasteiger charge is -2.16. The van der Waals surface area contributed by atoms with Crippen molar-refractivity contribution in [1.29, 1.82) is 0 Å². The molecule has 3 heterocycles. The molecule has 7 nitrogen and oxygen atoms in total. The molecule has 1 aliphatic rings. The first kappa shape index (κ1) is 16.3. The smallest absolute Gasteiger partial charge is 0.227 e. The summed E-state index contributed by atoms with van der Waals surface area (Å²) in [5.41, 5.74) is 3.05. The maximum atomic E-state index is 12.2. The molecular formula is C19H19N5O2. The fraction of sp³-hybridized carbons (Fsp3) is 0.263. The largest absolute Gasteiger partial charge is 0.341 e. The van der Waals surface area contributed by atoms with Crippen molar-refractivity contribution in [3.05, 3.63) is 48.4 Å². The molecule has 0 radical (unpaired) electrons. The van der Waals surface area contributed by atoms with Crippen molar-refractivity contribution >= 4 is 34.4 Å². The Bertz CT molecular complexity index is 932. The number of aromatic nitrogens is 3. The van der Waals surface area contributed by atoms with Crippen LogP contribution in [0.1, 0.15) is 25.1 Å². The summed E-state index contributed by atoms with van der Waals surface area (Å²) in [4.78, 5) is 37.6. The van der Waals surface area contributed by atoms with Crippen LogP contribution in [0.5, 0.6) is 0 Å². The second-order valence-corrected chi connectivity index (χ2v) is 6.31. The molecule has 1 saturated heterocycles. The van der Waals surface area contributed by atoms with Gasteiger partial charge in [-0.1, -0.05) is 6.07 Å². The van der Waals surface area contributed by atoms with E-state index in [0.717, 1.165) is 30.0 Å². The zero-order chi connectivity index (χ0) is 17.9. The highest BCUT2D eigenvalue weighted by atomic mass is 16.2. The lowest BCUT2D eigenvalue weighted by molar-refractivity contribution is -0.117. The minimum atomic E-state index is -0.0942. The van der Waals surface area contributed by atoms with Crippen LogP contribution in [0.25, 0.3) is 11.2 Å². The van der Waals surface area contributed by atoms with E-state index in [1.54, 1.807) is 11.1 Å². The number of imidazole rings is 1. The molecule has 3 aromatic rings. The summed E-state index contributed by atoms with van der Waals surface area (Å²) >= 11 is 0. The van der Waals surface area contributed by atoms with Gasteiger partial charge in [0.05, 0.1) is 5.52 Å². The van der Waals surface area contributed by atoms with Crippen molar-refractivity contribution in [2.75, 3.05) is 16.8 Å². The molecule has 132 valence electrons. The van der Waals surface area contributed by atoms with Gasteiger partial charge in [-0.2, -0.15) is 0 Å². The predicted molar refractivity (Wildman–Crippen MR) is 98.9 cm³/mol. The average molecular weight is 349 g/mol. The number of hydrogen-bond donors (Lipinski definition) is 2. The number of amides is 2. The molecule has 2 N–H and O–H groups in total. The van der Waals surface area contributed by atoms with Crippen LogP contribution in [0.2, 0.25) is 0 Å². The van der Waals surface area contributed by atoms with Gasteiger partial charge in [-0.15, -0.1) is 0 Å². The number of carbonyl (C=O) groups is 2. The van der Waals surface area contributed by atoms with E-state index in [9.17, 15) is 9.59 Å². The minimum Gasteiger partial charge on any atom is -0.341 e. The molecule has 4 rings (SSSR count). The normalized spacial score (nSPS) is 14.2. The summed E-state index contributed by atoms with van der Waals surface area (Å²) < 4.78 is 0. The molecule has 0 atom stereocenters. The molecule has 0 bridgehead atoms. The summed E-state index contributed by atoms with van der Waals surface area (Å²) in [5, 5.41) is 2.89. The summed E-state index contributed by atoms with van der Waals surface area (Å²) in [6.07, 6.45) is 3.97. The van der Waals surface area contributed by atoms with Gasteiger partial charge < -0.3 is 15.2 Å². The quantitative estimate of drug-likeness (QED) is 0.741. The number of aromatic amines is 1. The maximum Gasteiger partial charge on any atom is 0.227 e. The number of nitrogens with one attached hydrogen (secondary N) is 2. The van der Waals surface area contributed by atoms with Crippen molar-refractivity contribution in [2.45, 2.75) is 25.7 Å². The third-order valence-corrected chi connectivity index (χ3v) is 4.41. The second-order valence-electron chi connectivity index (χ2n) is 6.31. The Labute approximate surface area is 150 Å². The van der Waals surface area contributed by atoms with E-state index in [-0.39, 0.29) is 11.8 Å². The van der Waals surface area contributed by atoms with Crippen LogP contribution in [0.3, 0.4) is 0 Å². The van der Waals surface area contributed by atoms with Crippen molar-refractivity contribution in [3.8, 4) is 0 Å². The number of hydrogen-bond acceptors (Lipinski definition) is 4. The van der Waals surface area contributed by atoms with Crippen molar-refractivity contribution in [2.24, 2.45) is 0 Å². The highest BCUT2D eigenvalue weighted by Crippen LogP contribution is 2.24.